The number of benzene rings is 3. The number of aliphatic carboxylic acids is 1. The van der Waals surface area contributed by atoms with Gasteiger partial charge in [0, 0.05) is 29.7 Å². The molecule has 3 aromatic rings. The molecule has 0 radical (unpaired) electrons. The van der Waals surface area contributed by atoms with Crippen molar-refractivity contribution < 1.29 is 49.7 Å². The van der Waals surface area contributed by atoms with Crippen molar-refractivity contribution in [3.05, 3.63) is 70.8 Å². The molecular formula is C26H20O10. The van der Waals surface area contributed by atoms with Crippen LogP contribution in [0.1, 0.15) is 22.3 Å². The van der Waals surface area contributed by atoms with E-state index in [-0.39, 0.29) is 35.2 Å². The number of ether oxygens (including phenoxy) is 2. The third kappa shape index (κ3) is 5.02. The molecule has 6 N–H and O–H groups in total. The Morgan fingerprint density at radius 2 is 1.56 bits per heavy atom. The van der Waals surface area contributed by atoms with Crippen molar-refractivity contribution in [1.82, 2.24) is 0 Å². The van der Waals surface area contributed by atoms with E-state index in [4.69, 9.17) is 9.47 Å². The topological polar surface area (TPSA) is 174 Å². The van der Waals surface area contributed by atoms with Crippen molar-refractivity contribution in [3.8, 4) is 40.2 Å². The number of fused-ring (bicyclic) bond motifs is 2. The van der Waals surface area contributed by atoms with Crippen LogP contribution in [-0.4, -0.2) is 48.7 Å². The second-order valence-corrected chi connectivity index (χ2v) is 7.86. The van der Waals surface area contributed by atoms with E-state index < -0.39 is 29.5 Å². The number of phenolic OH excluding ortho intramolecular Hbond substituents is 5. The Kier molecular flexibility index (Phi) is 6.42. The van der Waals surface area contributed by atoms with Crippen LogP contribution in [0.2, 0.25) is 0 Å². The van der Waals surface area contributed by atoms with Gasteiger partial charge in [0.25, 0.3) is 0 Å². The smallest absolute Gasteiger partial charge is 0.345 e. The molecule has 0 aliphatic carbocycles. The number of carbonyl (C=O) groups excluding carboxylic acids is 1. The van der Waals surface area contributed by atoms with Crippen molar-refractivity contribution >= 4 is 30.2 Å². The van der Waals surface area contributed by atoms with Gasteiger partial charge in [-0.1, -0.05) is 18.2 Å². The molecular weight excluding hydrogens is 472 g/mol. The molecule has 1 aliphatic rings. The second-order valence-electron chi connectivity index (χ2n) is 7.86. The number of carboxylic acid groups (broad SMARTS) is 1. The van der Waals surface area contributed by atoms with E-state index in [0.29, 0.717) is 22.3 Å². The SMILES string of the molecule is O=C(C=Cc1ccc(O)c2c1C=Cc1cc(O)c(O)cc1O2)O[C@@H](Cc1ccc(O)c(O)c1)C(=O)O. The summed E-state index contributed by atoms with van der Waals surface area (Å²) in [4.78, 5) is 24.0. The van der Waals surface area contributed by atoms with Crippen LogP contribution in [0.4, 0.5) is 0 Å². The van der Waals surface area contributed by atoms with E-state index in [1.54, 1.807) is 12.2 Å². The van der Waals surface area contributed by atoms with Crippen molar-refractivity contribution in [2.24, 2.45) is 0 Å². The predicted molar refractivity (Wildman–Crippen MR) is 127 cm³/mol. The molecule has 1 aliphatic heterocycles. The number of esters is 1. The molecule has 0 amide bonds. The summed E-state index contributed by atoms with van der Waals surface area (Å²) in [6, 6.07) is 9.08. The zero-order valence-corrected chi connectivity index (χ0v) is 18.5. The van der Waals surface area contributed by atoms with E-state index in [0.717, 1.165) is 6.08 Å². The maximum Gasteiger partial charge on any atom is 0.345 e. The standard InChI is InChI=1S/C26H20O10/c27-17-6-1-13(9-19(17)29)10-23(26(33)34)35-24(32)8-4-14-3-7-18(28)25-16(14)5-2-15-11-20(30)21(31)12-22(15)36-25/h1-9,11-12,23,27-31H,10H2,(H,33,34)/t23-/m0/s1. The molecule has 3 aromatic carbocycles. The Hall–Kier alpha value is -5.12. The summed E-state index contributed by atoms with van der Waals surface area (Å²) in [6.45, 7) is 0. The first-order valence-electron chi connectivity index (χ1n) is 10.5. The van der Waals surface area contributed by atoms with Gasteiger partial charge in [-0.05, 0) is 47.5 Å². The molecule has 0 fully saturated rings. The van der Waals surface area contributed by atoms with E-state index >= 15 is 0 Å². The summed E-state index contributed by atoms with van der Waals surface area (Å²) in [5.74, 6) is -3.89. The zero-order chi connectivity index (χ0) is 26.0. The van der Waals surface area contributed by atoms with Crippen LogP contribution < -0.4 is 4.74 Å². The third-order valence-corrected chi connectivity index (χ3v) is 5.35. The normalized spacial score (nSPS) is 12.8. The number of hydrogen-bond donors (Lipinski definition) is 6. The summed E-state index contributed by atoms with van der Waals surface area (Å²) in [7, 11) is 0. The first-order valence-corrected chi connectivity index (χ1v) is 10.5. The number of carboxylic acids is 1. The van der Waals surface area contributed by atoms with Crippen LogP contribution in [0.5, 0.6) is 40.2 Å². The van der Waals surface area contributed by atoms with Gasteiger partial charge in [-0.15, -0.1) is 0 Å². The van der Waals surface area contributed by atoms with Crippen molar-refractivity contribution in [3.63, 3.8) is 0 Å². The number of phenols is 5. The molecule has 1 heterocycles. The van der Waals surface area contributed by atoms with Gasteiger partial charge in [-0.25, -0.2) is 9.59 Å². The molecule has 1 atom stereocenters. The lowest BCUT2D eigenvalue weighted by molar-refractivity contribution is -0.160. The van der Waals surface area contributed by atoms with Crippen LogP contribution in [-0.2, 0) is 20.7 Å². The Labute approximate surface area is 203 Å². The zero-order valence-electron chi connectivity index (χ0n) is 18.5. The summed E-state index contributed by atoms with van der Waals surface area (Å²) in [5, 5.41) is 58.2. The largest absolute Gasteiger partial charge is 0.504 e. The van der Waals surface area contributed by atoms with Crippen molar-refractivity contribution in [1.29, 1.82) is 0 Å². The molecule has 0 saturated carbocycles. The van der Waals surface area contributed by atoms with Gasteiger partial charge in [0.05, 0.1) is 0 Å². The second kappa shape index (κ2) is 9.63. The summed E-state index contributed by atoms with van der Waals surface area (Å²) >= 11 is 0. The monoisotopic (exact) mass is 492 g/mol. The minimum Gasteiger partial charge on any atom is -0.504 e. The first-order chi connectivity index (χ1) is 17.1. The Morgan fingerprint density at radius 3 is 2.28 bits per heavy atom. The van der Waals surface area contributed by atoms with E-state index in [1.807, 2.05) is 0 Å². The Bertz CT molecular complexity index is 1420. The molecule has 0 bridgehead atoms. The lowest BCUT2D eigenvalue weighted by atomic mass is 10.0. The highest BCUT2D eigenvalue weighted by Crippen LogP contribution is 2.44. The van der Waals surface area contributed by atoms with Gasteiger partial charge in [-0.2, -0.15) is 0 Å². The van der Waals surface area contributed by atoms with Gasteiger partial charge in [0.1, 0.15) is 5.75 Å². The molecule has 0 unspecified atom stereocenters. The maximum absolute atomic E-state index is 12.4. The summed E-state index contributed by atoms with van der Waals surface area (Å²) in [5.41, 5.74) is 1.56. The molecule has 4 rings (SSSR count). The predicted octanol–water partition coefficient (Wildman–Crippen LogP) is 3.74. The van der Waals surface area contributed by atoms with E-state index in [2.05, 4.69) is 0 Å². The van der Waals surface area contributed by atoms with Crippen LogP contribution in [0.3, 0.4) is 0 Å². The average Bonchev–Trinajstić information content (AvgIpc) is 3.01. The quantitative estimate of drug-likeness (QED) is 0.132. The fourth-order valence-electron chi connectivity index (χ4n) is 3.53. The maximum atomic E-state index is 12.4. The Morgan fingerprint density at radius 1 is 0.861 bits per heavy atom. The highest BCUT2D eigenvalue weighted by Gasteiger charge is 2.23. The number of aromatic hydroxyl groups is 5. The first kappa shape index (κ1) is 24.0. The van der Waals surface area contributed by atoms with Crippen LogP contribution in [0, 0.1) is 0 Å². The van der Waals surface area contributed by atoms with Gasteiger partial charge in [0.2, 0.25) is 6.10 Å². The van der Waals surface area contributed by atoms with Gasteiger partial charge >= 0.3 is 11.9 Å². The van der Waals surface area contributed by atoms with Crippen LogP contribution in [0.25, 0.3) is 18.2 Å². The molecule has 184 valence electrons. The third-order valence-electron chi connectivity index (χ3n) is 5.35. The van der Waals surface area contributed by atoms with Gasteiger partial charge < -0.3 is 40.1 Å². The van der Waals surface area contributed by atoms with E-state index in [9.17, 15) is 40.2 Å². The highest BCUT2D eigenvalue weighted by atomic mass is 16.6. The molecule has 36 heavy (non-hydrogen) atoms. The summed E-state index contributed by atoms with van der Waals surface area (Å²) < 4.78 is 10.8. The van der Waals surface area contributed by atoms with Gasteiger partial charge in [0.15, 0.2) is 34.5 Å². The molecule has 10 nitrogen and oxygen atoms in total. The van der Waals surface area contributed by atoms with Crippen molar-refractivity contribution in [2.45, 2.75) is 12.5 Å². The molecule has 0 aromatic heterocycles. The van der Waals surface area contributed by atoms with Crippen LogP contribution >= 0.6 is 0 Å². The fourth-order valence-corrected chi connectivity index (χ4v) is 3.53. The number of rotatable bonds is 6. The summed E-state index contributed by atoms with van der Waals surface area (Å²) in [6.07, 6.45) is 3.74. The Balaban J connectivity index is 1.55. The molecule has 0 spiro atoms. The number of hydrogen-bond acceptors (Lipinski definition) is 9. The molecule has 10 heteroatoms. The highest BCUT2D eigenvalue weighted by molar-refractivity contribution is 5.91. The van der Waals surface area contributed by atoms with Crippen molar-refractivity contribution in [2.75, 3.05) is 0 Å². The average molecular weight is 492 g/mol. The van der Waals surface area contributed by atoms with E-state index in [1.165, 1.54) is 48.5 Å². The lowest BCUT2D eigenvalue weighted by Gasteiger charge is -2.14. The lowest BCUT2D eigenvalue weighted by Crippen LogP contribution is -2.28. The minimum absolute atomic E-state index is 0.0427. The van der Waals surface area contributed by atoms with Crippen LogP contribution in [0.15, 0.2) is 48.5 Å². The minimum atomic E-state index is -1.55. The van der Waals surface area contributed by atoms with Gasteiger partial charge in [-0.3, -0.25) is 0 Å². The fraction of sp³-hybridized carbons (Fsp3) is 0.0769. The molecule has 0 saturated heterocycles. The number of carbonyl (C=O) groups is 2.